The SMILES string of the molecule is COC(=O)COC(=O)/C=C/c1ccc(OCc2c(C)noc2C)c(OC)c1. The Balaban J connectivity index is 2.01. The molecule has 8 heteroatoms. The number of carbonyl (C=O) groups excluding carboxylic acids is 2. The molecule has 0 atom stereocenters. The molecule has 0 fully saturated rings. The average molecular weight is 375 g/mol. The number of nitrogens with zero attached hydrogens (tertiary/aromatic N) is 1. The first-order chi connectivity index (χ1) is 12.9. The van der Waals surface area contributed by atoms with Crippen LogP contribution >= 0.6 is 0 Å². The molecule has 2 aromatic rings. The number of rotatable bonds is 8. The number of ether oxygens (including phenoxy) is 4. The lowest BCUT2D eigenvalue weighted by molar-refractivity contribution is -0.154. The van der Waals surface area contributed by atoms with Crippen LogP contribution in [0.3, 0.4) is 0 Å². The first-order valence-corrected chi connectivity index (χ1v) is 8.08. The Hall–Kier alpha value is -3.29. The standard InChI is InChI=1S/C19H21NO7/c1-12-15(13(2)27-20-12)10-25-16-7-5-14(9-17(16)23-3)6-8-18(21)26-11-19(22)24-4/h5-9H,10-11H2,1-4H3/b8-6+. The predicted octanol–water partition coefficient (Wildman–Crippen LogP) is 2.61. The number of aromatic nitrogens is 1. The van der Waals surface area contributed by atoms with E-state index in [0.717, 1.165) is 11.3 Å². The van der Waals surface area contributed by atoms with E-state index < -0.39 is 18.5 Å². The molecule has 0 N–H and O–H groups in total. The van der Waals surface area contributed by atoms with Crippen molar-refractivity contribution in [2.45, 2.75) is 20.5 Å². The van der Waals surface area contributed by atoms with Gasteiger partial charge in [0.1, 0.15) is 12.4 Å². The van der Waals surface area contributed by atoms with E-state index in [1.807, 2.05) is 13.8 Å². The van der Waals surface area contributed by atoms with E-state index in [2.05, 4.69) is 9.89 Å². The Bertz CT molecular complexity index is 819. The zero-order valence-corrected chi connectivity index (χ0v) is 15.6. The summed E-state index contributed by atoms with van der Waals surface area (Å²) in [6.07, 6.45) is 2.75. The van der Waals surface area contributed by atoms with E-state index in [4.69, 9.17) is 18.7 Å². The third-order valence-electron chi connectivity index (χ3n) is 3.71. The fraction of sp³-hybridized carbons (Fsp3) is 0.316. The van der Waals surface area contributed by atoms with Crippen molar-refractivity contribution in [1.82, 2.24) is 5.16 Å². The van der Waals surface area contributed by atoms with Crippen LogP contribution in [0, 0.1) is 13.8 Å². The number of benzene rings is 1. The first-order valence-electron chi connectivity index (χ1n) is 8.08. The second-order valence-corrected chi connectivity index (χ2v) is 5.52. The van der Waals surface area contributed by atoms with Crippen LogP contribution in [0.1, 0.15) is 22.6 Å². The quantitative estimate of drug-likeness (QED) is 0.513. The van der Waals surface area contributed by atoms with Crippen LogP contribution in [0.5, 0.6) is 11.5 Å². The van der Waals surface area contributed by atoms with Crippen molar-refractivity contribution in [2.75, 3.05) is 20.8 Å². The third kappa shape index (κ3) is 5.60. The zero-order valence-electron chi connectivity index (χ0n) is 15.6. The van der Waals surface area contributed by atoms with Gasteiger partial charge in [0.2, 0.25) is 0 Å². The van der Waals surface area contributed by atoms with Gasteiger partial charge in [0.25, 0.3) is 0 Å². The summed E-state index contributed by atoms with van der Waals surface area (Å²) in [6.45, 7) is 3.53. The number of carbonyl (C=O) groups is 2. The molecule has 144 valence electrons. The van der Waals surface area contributed by atoms with Crippen LogP contribution in [-0.4, -0.2) is 37.9 Å². The van der Waals surface area contributed by atoms with Crippen molar-refractivity contribution in [3.63, 3.8) is 0 Å². The van der Waals surface area contributed by atoms with E-state index in [-0.39, 0.29) is 0 Å². The van der Waals surface area contributed by atoms with Crippen LogP contribution in [0.15, 0.2) is 28.8 Å². The lowest BCUT2D eigenvalue weighted by Crippen LogP contribution is -2.13. The molecule has 0 spiro atoms. The third-order valence-corrected chi connectivity index (χ3v) is 3.71. The summed E-state index contributed by atoms with van der Waals surface area (Å²) in [4.78, 5) is 22.5. The highest BCUT2D eigenvalue weighted by Crippen LogP contribution is 2.30. The van der Waals surface area contributed by atoms with Gasteiger partial charge in [-0.2, -0.15) is 0 Å². The molecule has 1 heterocycles. The van der Waals surface area contributed by atoms with E-state index >= 15 is 0 Å². The van der Waals surface area contributed by atoms with Crippen LogP contribution in [-0.2, 0) is 25.7 Å². The maximum atomic E-state index is 11.6. The summed E-state index contributed by atoms with van der Waals surface area (Å²) in [5.41, 5.74) is 2.36. The molecule has 0 saturated carbocycles. The van der Waals surface area contributed by atoms with Crippen molar-refractivity contribution in [2.24, 2.45) is 0 Å². The van der Waals surface area contributed by atoms with Gasteiger partial charge in [-0.25, -0.2) is 9.59 Å². The molecule has 0 bridgehead atoms. The summed E-state index contributed by atoms with van der Waals surface area (Å²) in [6, 6.07) is 5.21. The lowest BCUT2D eigenvalue weighted by atomic mass is 10.2. The molecule has 0 radical (unpaired) electrons. The van der Waals surface area contributed by atoms with Crippen LogP contribution in [0.4, 0.5) is 0 Å². The predicted molar refractivity (Wildman–Crippen MR) is 95.3 cm³/mol. The first kappa shape index (κ1) is 20.0. The summed E-state index contributed by atoms with van der Waals surface area (Å²) >= 11 is 0. The fourth-order valence-electron chi connectivity index (χ4n) is 2.17. The van der Waals surface area contributed by atoms with Gasteiger partial charge in [-0.3, -0.25) is 0 Å². The van der Waals surface area contributed by atoms with Crippen LogP contribution in [0.2, 0.25) is 0 Å². The molecule has 27 heavy (non-hydrogen) atoms. The Kier molecular flexibility index (Phi) is 6.99. The van der Waals surface area contributed by atoms with E-state index in [1.54, 1.807) is 24.3 Å². The maximum absolute atomic E-state index is 11.6. The highest BCUT2D eigenvalue weighted by atomic mass is 16.6. The topological polar surface area (TPSA) is 97.1 Å². The molecule has 0 aliphatic heterocycles. The molecule has 1 aromatic carbocycles. The Morgan fingerprint density at radius 2 is 1.96 bits per heavy atom. The van der Waals surface area contributed by atoms with Crippen molar-refractivity contribution in [3.8, 4) is 11.5 Å². The normalized spacial score (nSPS) is 10.7. The van der Waals surface area contributed by atoms with Gasteiger partial charge in [0.15, 0.2) is 18.1 Å². The molecule has 0 aliphatic carbocycles. The Morgan fingerprint density at radius 3 is 2.59 bits per heavy atom. The number of hydrogen-bond donors (Lipinski definition) is 0. The number of esters is 2. The highest BCUT2D eigenvalue weighted by Gasteiger charge is 2.12. The van der Waals surface area contributed by atoms with E-state index in [0.29, 0.717) is 29.4 Å². The summed E-state index contributed by atoms with van der Waals surface area (Å²) in [7, 11) is 2.74. The second kappa shape index (κ2) is 9.42. The average Bonchev–Trinajstić information content (AvgIpc) is 3.00. The minimum absolute atomic E-state index is 0.298. The van der Waals surface area contributed by atoms with Gasteiger partial charge >= 0.3 is 11.9 Å². The molecule has 0 amide bonds. The highest BCUT2D eigenvalue weighted by molar-refractivity contribution is 5.88. The van der Waals surface area contributed by atoms with Crippen molar-refractivity contribution >= 4 is 18.0 Å². The van der Waals surface area contributed by atoms with Crippen LogP contribution < -0.4 is 9.47 Å². The lowest BCUT2D eigenvalue weighted by Gasteiger charge is -2.11. The molecule has 1 aromatic heterocycles. The summed E-state index contributed by atoms with van der Waals surface area (Å²) in [5, 5.41) is 3.89. The Labute approximate surface area is 156 Å². The fourth-order valence-corrected chi connectivity index (χ4v) is 2.17. The van der Waals surface area contributed by atoms with Gasteiger partial charge < -0.3 is 23.5 Å². The molecule has 2 rings (SSSR count). The monoisotopic (exact) mass is 375 g/mol. The van der Waals surface area contributed by atoms with Gasteiger partial charge in [0, 0.05) is 6.08 Å². The van der Waals surface area contributed by atoms with Crippen molar-refractivity contribution in [1.29, 1.82) is 0 Å². The molecule has 0 aliphatic rings. The Morgan fingerprint density at radius 1 is 1.19 bits per heavy atom. The van der Waals surface area contributed by atoms with Gasteiger partial charge in [-0.1, -0.05) is 11.2 Å². The smallest absolute Gasteiger partial charge is 0.344 e. The van der Waals surface area contributed by atoms with Gasteiger partial charge in [-0.05, 0) is 37.6 Å². The van der Waals surface area contributed by atoms with Crippen molar-refractivity contribution in [3.05, 3.63) is 46.9 Å². The number of hydrogen-bond acceptors (Lipinski definition) is 8. The van der Waals surface area contributed by atoms with E-state index in [9.17, 15) is 9.59 Å². The minimum atomic E-state index is -0.655. The molecular formula is C19H21NO7. The zero-order chi connectivity index (χ0) is 19.8. The maximum Gasteiger partial charge on any atom is 0.344 e. The number of aryl methyl sites for hydroxylation is 2. The largest absolute Gasteiger partial charge is 0.493 e. The van der Waals surface area contributed by atoms with Crippen LogP contribution in [0.25, 0.3) is 6.08 Å². The van der Waals surface area contributed by atoms with Crippen molar-refractivity contribution < 1.29 is 33.1 Å². The summed E-state index contributed by atoms with van der Waals surface area (Å²) in [5.74, 6) is 0.475. The molecular weight excluding hydrogens is 354 g/mol. The molecule has 0 unspecified atom stereocenters. The van der Waals surface area contributed by atoms with Gasteiger partial charge in [0.05, 0.1) is 25.5 Å². The number of methoxy groups -OCH3 is 2. The van der Waals surface area contributed by atoms with Gasteiger partial charge in [-0.15, -0.1) is 0 Å². The van der Waals surface area contributed by atoms with E-state index in [1.165, 1.54) is 20.3 Å². The second-order valence-electron chi connectivity index (χ2n) is 5.52. The minimum Gasteiger partial charge on any atom is -0.493 e. The molecule has 0 saturated heterocycles. The molecule has 8 nitrogen and oxygen atoms in total. The summed E-state index contributed by atoms with van der Waals surface area (Å²) < 4.78 is 25.4.